The Labute approximate surface area is 249 Å². The standard InChI is InChI=1S/C25H27Cl2FN5O8P/c1-13(2)39-22(36)14(3)32-42(37,41-15-7-5-4-6-8-15)38-12-17-19(34)25(27,9-10-26)23(40-17)33-11-16(28)18-20(33)30-24(29)31-21(18)35/h4-8,11,13-14,17,19,23,34H,12H2,1-3H3,(H,32,37)(H3,29,30,31,35)/t14-,17+,19-,23+,25?,42?/m0/s1. The van der Waals surface area contributed by atoms with Gasteiger partial charge in [-0.3, -0.25) is 23.7 Å². The summed E-state index contributed by atoms with van der Waals surface area (Å²) in [7, 11) is -4.36. The van der Waals surface area contributed by atoms with E-state index >= 15 is 0 Å². The van der Waals surface area contributed by atoms with E-state index in [0.29, 0.717) is 0 Å². The van der Waals surface area contributed by atoms with Crippen LogP contribution in [0.2, 0.25) is 0 Å². The Morgan fingerprint density at radius 1 is 1.38 bits per heavy atom. The fourth-order valence-corrected chi connectivity index (χ4v) is 6.23. The van der Waals surface area contributed by atoms with E-state index in [4.69, 9.17) is 47.5 Å². The predicted molar refractivity (Wildman–Crippen MR) is 151 cm³/mol. The number of rotatable bonds is 10. The second kappa shape index (κ2) is 12.6. The van der Waals surface area contributed by atoms with Crippen molar-refractivity contribution in [2.24, 2.45) is 0 Å². The number of nitrogens with one attached hydrogen (secondary N) is 2. The number of benzene rings is 1. The predicted octanol–water partition coefficient (Wildman–Crippen LogP) is 3.01. The number of aromatic nitrogens is 3. The molecule has 0 amide bonds. The minimum Gasteiger partial charge on any atom is -0.462 e. The number of carbonyl (C=O) groups excluding carboxylic acids is 1. The summed E-state index contributed by atoms with van der Waals surface area (Å²) in [4.78, 5) is 28.9. The van der Waals surface area contributed by atoms with Gasteiger partial charge in [0.15, 0.2) is 22.6 Å². The first-order chi connectivity index (χ1) is 19.8. The number of ether oxygens (including phenoxy) is 2. The van der Waals surface area contributed by atoms with E-state index in [-0.39, 0.29) is 17.3 Å². The van der Waals surface area contributed by atoms with Gasteiger partial charge < -0.3 is 24.8 Å². The van der Waals surface area contributed by atoms with Crippen molar-refractivity contribution >= 4 is 53.9 Å². The first kappa shape index (κ1) is 31.8. The van der Waals surface area contributed by atoms with E-state index in [1.807, 2.05) is 0 Å². The number of nitrogens with two attached hydrogens (primary N) is 1. The minimum absolute atomic E-state index is 0.145. The minimum atomic E-state index is -4.36. The van der Waals surface area contributed by atoms with Gasteiger partial charge in [-0.2, -0.15) is 10.1 Å². The zero-order chi connectivity index (χ0) is 30.8. The molecule has 13 nitrogen and oxygen atoms in total. The molecule has 42 heavy (non-hydrogen) atoms. The van der Waals surface area contributed by atoms with Gasteiger partial charge in [0.25, 0.3) is 5.56 Å². The van der Waals surface area contributed by atoms with E-state index in [0.717, 1.165) is 10.8 Å². The summed E-state index contributed by atoms with van der Waals surface area (Å²) in [5.74, 6) is 0.579. The molecule has 1 aromatic carbocycles. The van der Waals surface area contributed by atoms with Crippen LogP contribution in [0.15, 0.2) is 41.3 Å². The van der Waals surface area contributed by atoms with Gasteiger partial charge in [-0.25, -0.2) is 8.96 Å². The van der Waals surface area contributed by atoms with Gasteiger partial charge in [0.2, 0.25) is 5.95 Å². The van der Waals surface area contributed by atoms with E-state index in [1.165, 1.54) is 19.1 Å². The summed E-state index contributed by atoms with van der Waals surface area (Å²) in [6, 6.07) is 6.85. The Bertz CT molecular complexity index is 1630. The highest BCUT2D eigenvalue weighted by molar-refractivity contribution is 7.52. The number of carbonyl (C=O) groups is 1. The van der Waals surface area contributed by atoms with Crippen molar-refractivity contribution in [3.8, 4) is 17.0 Å². The molecular weight excluding hydrogens is 619 g/mol. The van der Waals surface area contributed by atoms with Gasteiger partial charge in [-0.15, -0.1) is 0 Å². The summed E-state index contributed by atoms with van der Waals surface area (Å²) in [6.07, 6.45) is -4.09. The Hall–Kier alpha value is -3.15. The molecule has 5 N–H and O–H groups in total. The van der Waals surface area contributed by atoms with Crippen LogP contribution in [0.4, 0.5) is 10.3 Å². The third-order valence-electron chi connectivity index (χ3n) is 6.03. The van der Waals surface area contributed by atoms with Gasteiger partial charge in [-0.05, 0) is 44.5 Å². The molecule has 3 heterocycles. The third kappa shape index (κ3) is 6.58. The number of halogens is 3. The van der Waals surface area contributed by atoms with Crippen molar-refractivity contribution in [2.75, 3.05) is 12.3 Å². The van der Waals surface area contributed by atoms with Crippen LogP contribution in [0.5, 0.6) is 5.75 Å². The number of aliphatic hydroxyl groups excluding tert-OH is 1. The van der Waals surface area contributed by atoms with E-state index in [2.05, 4.69) is 26.4 Å². The topological polar surface area (TPSA) is 180 Å². The van der Waals surface area contributed by atoms with Gasteiger partial charge in [0, 0.05) is 11.6 Å². The number of hydrogen-bond acceptors (Lipinski definition) is 10. The number of aromatic amines is 1. The molecule has 1 aliphatic rings. The fraction of sp³-hybridized carbons (Fsp3) is 0.400. The van der Waals surface area contributed by atoms with Crippen molar-refractivity contribution in [3.05, 3.63) is 52.7 Å². The molecule has 0 saturated carbocycles. The summed E-state index contributed by atoms with van der Waals surface area (Å²) >= 11 is 12.3. The Morgan fingerprint density at radius 2 is 2.07 bits per heavy atom. The molecule has 1 aliphatic heterocycles. The van der Waals surface area contributed by atoms with Crippen LogP contribution in [0.1, 0.15) is 27.0 Å². The monoisotopic (exact) mass is 645 g/mol. The molecule has 17 heteroatoms. The molecule has 2 aromatic heterocycles. The highest BCUT2D eigenvalue weighted by Crippen LogP contribution is 2.49. The van der Waals surface area contributed by atoms with Gasteiger partial charge in [-0.1, -0.05) is 35.7 Å². The number of alkyl halides is 1. The fourth-order valence-electron chi connectivity index (χ4n) is 4.18. The normalized spacial score (nSPS) is 24.1. The molecular formula is C25H27Cl2FN5O8P. The van der Waals surface area contributed by atoms with E-state index in [1.54, 1.807) is 32.0 Å². The SMILES string of the molecule is CC(C)OC(=O)[C@H](C)NP(=O)(OC[C@H]1O[C@@H](n2cc(F)c3c(=O)[nH]c(N)nc32)C(Cl)(C#CCl)[C@H]1O)Oc1ccccc1. The maximum absolute atomic E-state index is 14.8. The molecule has 0 spiro atoms. The second-order valence-corrected chi connectivity index (χ2v) is 12.0. The first-order valence-electron chi connectivity index (χ1n) is 12.5. The molecule has 4 rings (SSSR count). The van der Waals surface area contributed by atoms with Crippen LogP contribution < -0.4 is 20.9 Å². The Balaban J connectivity index is 1.64. The number of nitrogens with zero attached hydrogens (tertiary/aromatic N) is 2. The van der Waals surface area contributed by atoms with Crippen LogP contribution in [0.3, 0.4) is 0 Å². The number of fused-ring (bicyclic) bond motifs is 1. The molecule has 226 valence electrons. The summed E-state index contributed by atoms with van der Waals surface area (Å²) in [5.41, 5.74) is 4.55. The van der Waals surface area contributed by atoms with E-state index < -0.39 is 72.5 Å². The average molecular weight is 646 g/mol. The summed E-state index contributed by atoms with van der Waals surface area (Å²) < 4.78 is 52.0. The number of anilines is 1. The largest absolute Gasteiger partial charge is 0.462 e. The van der Waals surface area contributed by atoms with Gasteiger partial charge in [0.05, 0.1) is 12.7 Å². The Kier molecular flexibility index (Phi) is 9.54. The van der Waals surface area contributed by atoms with Crippen molar-refractivity contribution in [3.63, 3.8) is 0 Å². The molecule has 6 atom stereocenters. The molecule has 1 saturated heterocycles. The lowest BCUT2D eigenvalue weighted by Crippen LogP contribution is -2.42. The molecule has 0 radical (unpaired) electrons. The average Bonchev–Trinajstić information content (AvgIpc) is 3.36. The Morgan fingerprint density at radius 3 is 2.71 bits per heavy atom. The molecule has 1 fully saturated rings. The van der Waals surface area contributed by atoms with Gasteiger partial charge >= 0.3 is 13.7 Å². The highest BCUT2D eigenvalue weighted by atomic mass is 35.5. The van der Waals surface area contributed by atoms with Crippen LogP contribution in [-0.4, -0.2) is 61.4 Å². The number of nitrogen functional groups attached to an aromatic ring is 1. The van der Waals surface area contributed by atoms with Crippen molar-refractivity contribution in [1.29, 1.82) is 0 Å². The summed E-state index contributed by atoms with van der Waals surface area (Å²) in [5, 5.41) is 15.3. The lowest BCUT2D eigenvalue weighted by molar-refractivity contribution is -0.149. The number of esters is 1. The van der Waals surface area contributed by atoms with Crippen LogP contribution in [0.25, 0.3) is 11.0 Å². The lowest BCUT2D eigenvalue weighted by Gasteiger charge is -2.26. The number of hydrogen-bond donors (Lipinski definition) is 4. The smallest absolute Gasteiger partial charge is 0.459 e. The number of para-hydroxylation sites is 1. The zero-order valence-electron chi connectivity index (χ0n) is 22.4. The second-order valence-electron chi connectivity index (χ2n) is 9.53. The lowest BCUT2D eigenvalue weighted by atomic mass is 9.99. The third-order valence-corrected chi connectivity index (χ3v) is 8.27. The maximum Gasteiger partial charge on any atom is 0.459 e. The summed E-state index contributed by atoms with van der Waals surface area (Å²) in [6.45, 7) is 4.08. The van der Waals surface area contributed by atoms with E-state index in [9.17, 15) is 23.7 Å². The molecule has 0 aliphatic carbocycles. The van der Waals surface area contributed by atoms with Crippen LogP contribution in [0, 0.1) is 17.1 Å². The highest BCUT2D eigenvalue weighted by Gasteiger charge is 2.57. The zero-order valence-corrected chi connectivity index (χ0v) is 24.8. The molecule has 2 unspecified atom stereocenters. The van der Waals surface area contributed by atoms with Crippen molar-refractivity contribution < 1.29 is 37.4 Å². The quantitative estimate of drug-likeness (QED) is 0.110. The molecule has 3 aromatic rings. The van der Waals surface area contributed by atoms with Crippen LogP contribution >= 0.6 is 30.9 Å². The first-order valence-corrected chi connectivity index (χ1v) is 14.8. The van der Waals surface area contributed by atoms with Crippen molar-refractivity contribution in [1.82, 2.24) is 19.6 Å². The maximum atomic E-state index is 14.8. The van der Waals surface area contributed by atoms with Crippen molar-refractivity contribution in [2.45, 2.75) is 56.2 Å². The van der Waals surface area contributed by atoms with Crippen LogP contribution in [-0.2, 0) is 23.4 Å². The van der Waals surface area contributed by atoms with Gasteiger partial charge in [0.1, 0.15) is 29.4 Å². The molecule has 0 bridgehead atoms. The number of H-pyrrole nitrogens is 1. The number of aliphatic hydroxyl groups is 1.